The fourth-order valence-electron chi connectivity index (χ4n) is 3.77. The molecule has 1 saturated carbocycles. The van der Waals surface area contributed by atoms with Crippen LogP contribution in [0.15, 0.2) is 60.8 Å². The van der Waals surface area contributed by atoms with Crippen LogP contribution in [0.1, 0.15) is 35.2 Å². The third kappa shape index (κ3) is 4.45. The molecule has 3 aromatic rings. The molecule has 27 heavy (non-hydrogen) atoms. The number of aryl methyl sites for hydroxylation is 1. The van der Waals surface area contributed by atoms with E-state index in [1.54, 1.807) is 0 Å². The maximum atomic E-state index is 14.1. The van der Waals surface area contributed by atoms with Crippen molar-refractivity contribution in [2.45, 2.75) is 45.4 Å². The summed E-state index contributed by atoms with van der Waals surface area (Å²) in [7, 11) is 0. The van der Waals surface area contributed by atoms with Gasteiger partial charge >= 0.3 is 0 Å². The van der Waals surface area contributed by atoms with E-state index in [2.05, 4.69) is 54.1 Å². The number of halogens is 2. The average Bonchev–Trinajstić information content (AvgIpc) is 3.40. The molecule has 1 aliphatic carbocycles. The van der Waals surface area contributed by atoms with Crippen LogP contribution in [0, 0.1) is 18.6 Å². The van der Waals surface area contributed by atoms with E-state index in [1.807, 2.05) is 0 Å². The van der Waals surface area contributed by atoms with Gasteiger partial charge in [-0.2, -0.15) is 0 Å². The van der Waals surface area contributed by atoms with E-state index >= 15 is 0 Å². The fraction of sp³-hybridized carbons (Fsp3) is 0.304. The van der Waals surface area contributed by atoms with Gasteiger partial charge in [-0.3, -0.25) is 0 Å². The van der Waals surface area contributed by atoms with E-state index in [-0.39, 0.29) is 11.6 Å². The third-order valence-corrected chi connectivity index (χ3v) is 5.35. The van der Waals surface area contributed by atoms with Crippen LogP contribution in [0.2, 0.25) is 0 Å². The van der Waals surface area contributed by atoms with E-state index in [0.717, 1.165) is 25.9 Å². The minimum absolute atomic E-state index is 0.315. The van der Waals surface area contributed by atoms with Crippen LogP contribution in [0.4, 0.5) is 8.78 Å². The number of hydrogen-bond donors (Lipinski definition) is 1. The van der Waals surface area contributed by atoms with Gasteiger partial charge in [-0.25, -0.2) is 8.78 Å². The Morgan fingerprint density at radius 1 is 1.00 bits per heavy atom. The highest BCUT2D eigenvalue weighted by Gasteiger charge is 2.34. The number of quaternary nitrogens is 1. The summed E-state index contributed by atoms with van der Waals surface area (Å²) >= 11 is 0. The molecule has 1 fully saturated rings. The van der Waals surface area contributed by atoms with Gasteiger partial charge in [0, 0.05) is 31.1 Å². The third-order valence-electron chi connectivity index (χ3n) is 5.35. The predicted molar refractivity (Wildman–Crippen MR) is 102 cm³/mol. The second kappa shape index (κ2) is 7.65. The van der Waals surface area contributed by atoms with Crippen molar-refractivity contribution in [2.24, 2.45) is 0 Å². The van der Waals surface area contributed by atoms with Gasteiger partial charge in [0.05, 0.1) is 11.7 Å². The maximum Gasteiger partial charge on any atom is 0.132 e. The summed E-state index contributed by atoms with van der Waals surface area (Å²) in [4.78, 5) is 1.31. The molecule has 1 atom stereocenters. The van der Waals surface area contributed by atoms with Crippen LogP contribution in [-0.2, 0) is 19.6 Å². The normalized spacial score (nSPS) is 15.1. The van der Waals surface area contributed by atoms with Crippen LogP contribution in [-0.4, -0.2) is 10.6 Å². The van der Waals surface area contributed by atoms with E-state index in [1.165, 1.54) is 39.9 Å². The van der Waals surface area contributed by atoms with Gasteiger partial charge in [-0.05, 0) is 42.8 Å². The molecule has 1 aromatic heterocycles. The molecule has 1 aliphatic rings. The van der Waals surface area contributed by atoms with Crippen molar-refractivity contribution in [3.8, 4) is 0 Å². The first-order valence-electron chi connectivity index (χ1n) is 9.56. The summed E-state index contributed by atoms with van der Waals surface area (Å²) in [5.41, 5.74) is 4.23. The first-order chi connectivity index (χ1) is 13.1. The van der Waals surface area contributed by atoms with E-state index in [0.29, 0.717) is 18.2 Å². The van der Waals surface area contributed by atoms with Crippen LogP contribution in [0.5, 0.6) is 0 Å². The minimum atomic E-state index is -0.371. The summed E-state index contributed by atoms with van der Waals surface area (Å²) in [6.45, 7) is 4.27. The van der Waals surface area contributed by atoms with E-state index in [9.17, 15) is 8.78 Å². The molecule has 2 nitrogen and oxygen atoms in total. The van der Waals surface area contributed by atoms with Crippen LogP contribution >= 0.6 is 0 Å². The second-order valence-electron chi connectivity index (χ2n) is 7.64. The lowest BCUT2D eigenvalue weighted by molar-refractivity contribution is -0.939. The van der Waals surface area contributed by atoms with Gasteiger partial charge in [0.25, 0.3) is 0 Å². The monoisotopic (exact) mass is 367 g/mol. The van der Waals surface area contributed by atoms with Gasteiger partial charge < -0.3 is 9.47 Å². The van der Waals surface area contributed by atoms with Gasteiger partial charge in [0.2, 0.25) is 0 Å². The highest BCUT2D eigenvalue weighted by Crippen LogP contribution is 2.18. The lowest BCUT2D eigenvalue weighted by Gasteiger charge is -2.21. The Hall–Kier alpha value is -2.46. The largest absolute Gasteiger partial charge is 0.342 e. The first kappa shape index (κ1) is 17.9. The average molecular weight is 367 g/mol. The molecule has 4 rings (SSSR count). The summed E-state index contributed by atoms with van der Waals surface area (Å²) in [6.07, 6.45) is 4.42. The van der Waals surface area contributed by atoms with E-state index in [4.69, 9.17) is 0 Å². The highest BCUT2D eigenvalue weighted by molar-refractivity contribution is 5.23. The lowest BCUT2D eigenvalue weighted by Crippen LogP contribution is -3.10. The summed E-state index contributed by atoms with van der Waals surface area (Å²) in [5.74, 6) is -0.686. The Labute approximate surface area is 159 Å². The molecular weight excluding hydrogens is 342 g/mol. The molecule has 140 valence electrons. The molecule has 0 saturated heterocycles. The molecular formula is C23H25F2N2+. The van der Waals surface area contributed by atoms with Gasteiger partial charge in [-0.15, -0.1) is 0 Å². The summed E-state index contributed by atoms with van der Waals surface area (Å²) < 4.78 is 29.9. The van der Waals surface area contributed by atoms with Crippen LogP contribution in [0.3, 0.4) is 0 Å². The van der Waals surface area contributed by atoms with Crippen molar-refractivity contribution in [3.63, 3.8) is 0 Å². The fourth-order valence-corrected chi connectivity index (χ4v) is 3.77. The molecule has 0 radical (unpaired) electrons. The summed E-state index contributed by atoms with van der Waals surface area (Å²) in [6, 6.07) is 17.0. The Morgan fingerprint density at radius 2 is 1.85 bits per heavy atom. The lowest BCUT2D eigenvalue weighted by atomic mass is 10.1. The zero-order valence-corrected chi connectivity index (χ0v) is 15.6. The van der Waals surface area contributed by atoms with Gasteiger partial charge in [0.15, 0.2) is 0 Å². The number of aromatic nitrogens is 1. The van der Waals surface area contributed by atoms with Crippen molar-refractivity contribution in [2.75, 3.05) is 0 Å². The zero-order chi connectivity index (χ0) is 18.8. The van der Waals surface area contributed by atoms with Crippen molar-refractivity contribution >= 4 is 0 Å². The molecule has 0 bridgehead atoms. The second-order valence-corrected chi connectivity index (χ2v) is 7.64. The molecule has 0 amide bonds. The smallest absolute Gasteiger partial charge is 0.132 e. The number of nitrogens with one attached hydrogen (secondary N) is 1. The topological polar surface area (TPSA) is 9.37 Å². The molecule has 0 spiro atoms. The highest BCUT2D eigenvalue weighted by atomic mass is 19.1. The van der Waals surface area contributed by atoms with Crippen LogP contribution < -0.4 is 4.90 Å². The molecule has 2 aromatic carbocycles. The quantitative estimate of drug-likeness (QED) is 0.649. The zero-order valence-electron chi connectivity index (χ0n) is 15.6. The molecule has 4 heteroatoms. The van der Waals surface area contributed by atoms with Crippen molar-refractivity contribution in [1.82, 2.24) is 4.57 Å². The predicted octanol–water partition coefficient (Wildman–Crippen LogP) is 3.87. The molecule has 1 heterocycles. The number of hydrogen-bond acceptors (Lipinski definition) is 0. The Balaban J connectivity index is 1.51. The van der Waals surface area contributed by atoms with Crippen molar-refractivity contribution in [3.05, 3.63) is 94.8 Å². The van der Waals surface area contributed by atoms with Crippen molar-refractivity contribution in [1.29, 1.82) is 0 Å². The standard InChI is InChI=1S/C23H24F2N2/c1-17-4-2-5-18(12-17)14-26-11-3-6-22(26)16-27(21-8-9-21)15-19-13-20(24)7-10-23(19)25/h2-7,10-13,21H,8-9,14-16H2,1H3/p+1. The first-order valence-corrected chi connectivity index (χ1v) is 9.56. The van der Waals surface area contributed by atoms with Gasteiger partial charge in [0.1, 0.15) is 24.7 Å². The summed E-state index contributed by atoms with van der Waals surface area (Å²) in [5, 5.41) is 0. The van der Waals surface area contributed by atoms with Crippen LogP contribution in [0.25, 0.3) is 0 Å². The number of rotatable bonds is 7. The van der Waals surface area contributed by atoms with Gasteiger partial charge in [-0.1, -0.05) is 29.8 Å². The minimum Gasteiger partial charge on any atom is -0.342 e. The Kier molecular flexibility index (Phi) is 5.08. The maximum absolute atomic E-state index is 14.1. The molecule has 0 aliphatic heterocycles. The SMILES string of the molecule is Cc1cccc(Cn2cccc2C[NH+](Cc2cc(F)ccc2F)C2CC2)c1. The number of benzene rings is 2. The Bertz CT molecular complexity index is 928. The van der Waals surface area contributed by atoms with Crippen molar-refractivity contribution < 1.29 is 13.7 Å². The Morgan fingerprint density at radius 3 is 2.63 bits per heavy atom. The molecule has 1 unspecified atom stereocenters. The van der Waals surface area contributed by atoms with E-state index < -0.39 is 0 Å². The molecule has 1 N–H and O–H groups in total. The number of nitrogens with zero attached hydrogens (tertiary/aromatic N) is 1.